The van der Waals surface area contributed by atoms with E-state index in [1.54, 1.807) is 0 Å². The maximum atomic E-state index is 5.78. The highest BCUT2D eigenvalue weighted by atomic mass is 35.5. The van der Waals surface area contributed by atoms with E-state index in [9.17, 15) is 0 Å². The predicted molar refractivity (Wildman–Crippen MR) is 88.9 cm³/mol. The molecule has 0 unspecified atom stereocenters. The van der Waals surface area contributed by atoms with E-state index in [0.717, 1.165) is 11.3 Å². The molecule has 108 valence electrons. The molecule has 0 fully saturated rings. The third-order valence-corrected chi connectivity index (χ3v) is 3.34. The Morgan fingerprint density at radius 2 is 1.67 bits per heavy atom. The van der Waals surface area contributed by atoms with Crippen LogP contribution in [-0.2, 0) is 6.61 Å². The van der Waals surface area contributed by atoms with Crippen LogP contribution >= 0.6 is 11.6 Å². The van der Waals surface area contributed by atoms with Crippen molar-refractivity contribution in [1.82, 2.24) is 0 Å². The SMILES string of the molecule is CC(C)c1ccc(COc2ccc(C#CCCl)cc2)cc1. The van der Waals surface area contributed by atoms with Gasteiger partial charge in [0.15, 0.2) is 0 Å². The van der Waals surface area contributed by atoms with E-state index in [1.165, 1.54) is 11.1 Å². The first kappa shape index (κ1) is 15.5. The second kappa shape index (κ2) is 7.76. The first-order valence-electron chi connectivity index (χ1n) is 7.05. The molecule has 0 saturated heterocycles. The second-order valence-corrected chi connectivity index (χ2v) is 5.41. The Hall–Kier alpha value is -1.91. The van der Waals surface area contributed by atoms with Crippen LogP contribution in [0.4, 0.5) is 0 Å². The van der Waals surface area contributed by atoms with Crippen LogP contribution in [0, 0.1) is 11.8 Å². The Kier molecular flexibility index (Phi) is 5.72. The fraction of sp³-hybridized carbons (Fsp3) is 0.263. The Morgan fingerprint density at radius 1 is 1.00 bits per heavy atom. The predicted octanol–water partition coefficient (Wildman–Crippen LogP) is 4.98. The zero-order valence-electron chi connectivity index (χ0n) is 12.4. The van der Waals surface area contributed by atoms with Crippen LogP contribution in [0.3, 0.4) is 0 Å². The van der Waals surface area contributed by atoms with E-state index < -0.39 is 0 Å². The highest BCUT2D eigenvalue weighted by Crippen LogP contribution is 2.17. The number of hydrogen-bond donors (Lipinski definition) is 0. The molecule has 2 aromatic carbocycles. The minimum absolute atomic E-state index is 0.352. The highest BCUT2D eigenvalue weighted by molar-refractivity contribution is 6.19. The van der Waals surface area contributed by atoms with Crippen LogP contribution < -0.4 is 4.74 Å². The summed E-state index contributed by atoms with van der Waals surface area (Å²) in [6.45, 7) is 4.96. The molecule has 0 aromatic heterocycles. The number of alkyl halides is 1. The summed E-state index contributed by atoms with van der Waals surface area (Å²) in [5.74, 6) is 7.56. The first-order chi connectivity index (χ1) is 10.2. The lowest BCUT2D eigenvalue weighted by molar-refractivity contribution is 0.306. The molecule has 0 bridgehead atoms. The smallest absolute Gasteiger partial charge is 0.119 e. The molecular weight excluding hydrogens is 280 g/mol. The van der Waals surface area contributed by atoms with Crippen molar-refractivity contribution >= 4 is 11.6 Å². The number of ether oxygens (including phenoxy) is 1. The molecule has 2 rings (SSSR count). The van der Waals surface area contributed by atoms with Gasteiger partial charge in [-0.25, -0.2) is 0 Å². The van der Waals surface area contributed by atoms with Gasteiger partial charge < -0.3 is 4.74 Å². The van der Waals surface area contributed by atoms with Crippen molar-refractivity contribution in [3.63, 3.8) is 0 Å². The van der Waals surface area contributed by atoms with Crippen molar-refractivity contribution in [1.29, 1.82) is 0 Å². The van der Waals surface area contributed by atoms with Crippen LogP contribution in [0.15, 0.2) is 48.5 Å². The van der Waals surface area contributed by atoms with Gasteiger partial charge in [0.1, 0.15) is 12.4 Å². The summed E-state index contributed by atoms with van der Waals surface area (Å²) in [7, 11) is 0. The van der Waals surface area contributed by atoms with Crippen LogP contribution in [0.25, 0.3) is 0 Å². The summed E-state index contributed by atoms with van der Waals surface area (Å²) in [5, 5.41) is 0. The molecule has 0 aliphatic rings. The van der Waals surface area contributed by atoms with Gasteiger partial charge in [-0.15, -0.1) is 11.6 Å². The maximum absolute atomic E-state index is 5.78. The van der Waals surface area contributed by atoms with Gasteiger partial charge in [-0.05, 0) is 41.3 Å². The number of hydrogen-bond acceptors (Lipinski definition) is 1. The van der Waals surface area contributed by atoms with Crippen LogP contribution in [0.2, 0.25) is 0 Å². The molecular formula is C19H19ClO. The van der Waals surface area contributed by atoms with Gasteiger partial charge in [-0.3, -0.25) is 0 Å². The fourth-order valence-corrected chi connectivity index (χ4v) is 2.00. The maximum Gasteiger partial charge on any atom is 0.119 e. The molecule has 0 heterocycles. The third kappa shape index (κ3) is 4.85. The monoisotopic (exact) mass is 298 g/mol. The fourth-order valence-electron chi connectivity index (χ4n) is 1.94. The summed E-state index contributed by atoms with van der Waals surface area (Å²) in [6, 6.07) is 16.3. The average Bonchev–Trinajstić information content (AvgIpc) is 2.52. The van der Waals surface area contributed by atoms with Gasteiger partial charge in [0.25, 0.3) is 0 Å². The quantitative estimate of drug-likeness (QED) is 0.571. The van der Waals surface area contributed by atoms with Crippen LogP contribution in [0.5, 0.6) is 5.75 Å². The molecule has 0 amide bonds. The molecule has 0 atom stereocenters. The standard InChI is InChI=1S/C19H19ClO/c1-15(2)18-9-5-17(6-10-18)14-21-19-11-7-16(8-12-19)4-3-13-20/h5-12,15H,13-14H2,1-2H3. The van der Waals surface area contributed by atoms with Gasteiger partial charge >= 0.3 is 0 Å². The largest absolute Gasteiger partial charge is 0.489 e. The lowest BCUT2D eigenvalue weighted by Gasteiger charge is -2.09. The topological polar surface area (TPSA) is 9.23 Å². The molecule has 0 aliphatic carbocycles. The van der Waals surface area contributed by atoms with Gasteiger partial charge in [-0.1, -0.05) is 50.0 Å². The molecule has 0 saturated carbocycles. The molecule has 21 heavy (non-hydrogen) atoms. The molecule has 1 nitrogen and oxygen atoms in total. The van der Waals surface area contributed by atoms with Crippen molar-refractivity contribution in [2.75, 3.05) is 5.88 Å². The zero-order valence-corrected chi connectivity index (χ0v) is 13.2. The second-order valence-electron chi connectivity index (χ2n) is 5.14. The summed E-state index contributed by atoms with van der Waals surface area (Å²) < 4.78 is 5.78. The van der Waals surface area contributed by atoms with Gasteiger partial charge in [0, 0.05) is 5.56 Å². The molecule has 2 heteroatoms. The van der Waals surface area contributed by atoms with Crippen molar-refractivity contribution in [3.8, 4) is 17.6 Å². The molecule has 0 aliphatic heterocycles. The van der Waals surface area contributed by atoms with Gasteiger partial charge in [-0.2, -0.15) is 0 Å². The lowest BCUT2D eigenvalue weighted by atomic mass is 10.0. The van der Waals surface area contributed by atoms with E-state index in [1.807, 2.05) is 24.3 Å². The summed E-state index contributed by atoms with van der Waals surface area (Å²) >= 11 is 5.53. The van der Waals surface area contributed by atoms with E-state index in [2.05, 4.69) is 50.0 Å². The van der Waals surface area contributed by atoms with Crippen molar-refractivity contribution in [2.45, 2.75) is 26.4 Å². The summed E-state index contributed by atoms with van der Waals surface area (Å²) in [4.78, 5) is 0. The Labute approximate surface area is 131 Å². The van der Waals surface area contributed by atoms with Crippen molar-refractivity contribution in [3.05, 3.63) is 65.2 Å². The summed E-state index contributed by atoms with van der Waals surface area (Å²) in [5.41, 5.74) is 3.47. The Morgan fingerprint density at radius 3 is 2.24 bits per heavy atom. The third-order valence-electron chi connectivity index (χ3n) is 3.21. The lowest BCUT2D eigenvalue weighted by Crippen LogP contribution is -1.96. The van der Waals surface area contributed by atoms with E-state index in [0.29, 0.717) is 18.4 Å². The Bertz CT molecular complexity index is 615. The zero-order chi connectivity index (χ0) is 15.1. The summed E-state index contributed by atoms with van der Waals surface area (Å²) in [6.07, 6.45) is 0. The van der Waals surface area contributed by atoms with Crippen LogP contribution in [0.1, 0.15) is 36.5 Å². The van der Waals surface area contributed by atoms with E-state index in [-0.39, 0.29) is 0 Å². The first-order valence-corrected chi connectivity index (χ1v) is 7.59. The average molecular weight is 299 g/mol. The minimum atomic E-state index is 0.352. The van der Waals surface area contributed by atoms with Crippen molar-refractivity contribution in [2.24, 2.45) is 0 Å². The normalized spacial score (nSPS) is 10.1. The highest BCUT2D eigenvalue weighted by Gasteiger charge is 2.00. The van der Waals surface area contributed by atoms with Gasteiger partial charge in [0.05, 0.1) is 5.88 Å². The number of halogens is 1. The molecule has 0 spiro atoms. The van der Waals surface area contributed by atoms with E-state index in [4.69, 9.17) is 16.3 Å². The van der Waals surface area contributed by atoms with Crippen LogP contribution in [-0.4, -0.2) is 5.88 Å². The van der Waals surface area contributed by atoms with E-state index >= 15 is 0 Å². The van der Waals surface area contributed by atoms with Crippen molar-refractivity contribution < 1.29 is 4.74 Å². The number of rotatable bonds is 4. The molecule has 0 radical (unpaired) electrons. The minimum Gasteiger partial charge on any atom is -0.489 e. The Balaban J connectivity index is 1.93. The molecule has 0 N–H and O–H groups in total. The van der Waals surface area contributed by atoms with Gasteiger partial charge in [0.2, 0.25) is 0 Å². The number of benzene rings is 2. The molecule has 2 aromatic rings.